The Kier molecular flexibility index (Phi) is 2.55. The van der Waals surface area contributed by atoms with E-state index in [9.17, 15) is 0 Å². The summed E-state index contributed by atoms with van der Waals surface area (Å²) in [4.78, 5) is 4.86. The molecule has 0 radical (unpaired) electrons. The summed E-state index contributed by atoms with van der Waals surface area (Å²) < 4.78 is 5.40. The lowest BCUT2D eigenvalue weighted by atomic mass is 9.79. The minimum absolute atomic E-state index is 0.00193. The van der Waals surface area contributed by atoms with Crippen molar-refractivity contribution in [1.82, 2.24) is 0 Å². The molecule has 0 saturated heterocycles. The zero-order valence-electron chi connectivity index (χ0n) is 12.3. The Hall–Kier alpha value is -2.35. The van der Waals surface area contributed by atoms with Crippen LogP contribution in [-0.4, -0.2) is 5.71 Å². The molecule has 2 heteroatoms. The van der Waals surface area contributed by atoms with Gasteiger partial charge in [-0.2, -0.15) is 0 Å². The van der Waals surface area contributed by atoms with Gasteiger partial charge in [-0.05, 0) is 35.4 Å². The Balaban J connectivity index is 1.72. The highest BCUT2D eigenvalue weighted by Crippen LogP contribution is 2.40. The Morgan fingerprint density at radius 3 is 2.76 bits per heavy atom. The van der Waals surface area contributed by atoms with Crippen molar-refractivity contribution in [2.45, 2.75) is 25.7 Å². The predicted octanol–water partition coefficient (Wildman–Crippen LogP) is 5.04. The number of hydrogen-bond acceptors (Lipinski definition) is 2. The van der Waals surface area contributed by atoms with Crippen LogP contribution in [0.2, 0.25) is 0 Å². The van der Waals surface area contributed by atoms with Gasteiger partial charge in [-0.25, -0.2) is 0 Å². The molecule has 1 aliphatic heterocycles. The highest BCUT2D eigenvalue weighted by molar-refractivity contribution is 6.02. The minimum Gasteiger partial charge on any atom is -0.464 e. The van der Waals surface area contributed by atoms with E-state index in [1.807, 2.05) is 12.1 Å². The number of benzene rings is 2. The van der Waals surface area contributed by atoms with E-state index >= 15 is 0 Å². The standard InChI is InChI=1S/C19H17NO/c1-19(2)15-5-3-4-6-16(15)20-18(19)12-13-7-8-17-14(11-13)9-10-21-17/h3-11H,12H2,1-2H3. The third-order valence-corrected chi connectivity index (χ3v) is 4.44. The summed E-state index contributed by atoms with van der Waals surface area (Å²) in [6.45, 7) is 4.52. The van der Waals surface area contributed by atoms with E-state index in [-0.39, 0.29) is 5.41 Å². The lowest BCUT2D eigenvalue weighted by molar-refractivity contribution is 0.616. The maximum absolute atomic E-state index is 5.40. The van der Waals surface area contributed by atoms with Gasteiger partial charge in [0.2, 0.25) is 0 Å². The van der Waals surface area contributed by atoms with Crippen molar-refractivity contribution in [3.63, 3.8) is 0 Å². The van der Waals surface area contributed by atoms with E-state index in [1.165, 1.54) is 16.8 Å². The summed E-state index contributed by atoms with van der Waals surface area (Å²) in [6.07, 6.45) is 2.62. The molecule has 0 bridgehead atoms. The zero-order valence-corrected chi connectivity index (χ0v) is 12.3. The molecule has 0 fully saturated rings. The molecule has 2 nitrogen and oxygen atoms in total. The van der Waals surface area contributed by atoms with Crippen LogP contribution in [0.4, 0.5) is 5.69 Å². The smallest absolute Gasteiger partial charge is 0.133 e. The van der Waals surface area contributed by atoms with E-state index in [4.69, 9.17) is 9.41 Å². The van der Waals surface area contributed by atoms with Gasteiger partial charge in [0, 0.05) is 22.9 Å². The van der Waals surface area contributed by atoms with Crippen molar-refractivity contribution in [2.75, 3.05) is 0 Å². The molecule has 1 aliphatic rings. The lowest BCUT2D eigenvalue weighted by Gasteiger charge is -2.22. The summed E-state index contributed by atoms with van der Waals surface area (Å²) in [5, 5.41) is 1.15. The molecule has 0 amide bonds. The Labute approximate surface area is 124 Å². The van der Waals surface area contributed by atoms with Crippen LogP contribution in [0.1, 0.15) is 25.0 Å². The second-order valence-electron chi connectivity index (χ2n) is 6.17. The average molecular weight is 275 g/mol. The molecule has 3 aromatic rings. The van der Waals surface area contributed by atoms with Gasteiger partial charge >= 0.3 is 0 Å². The maximum atomic E-state index is 5.40. The molecule has 0 aliphatic carbocycles. The molecule has 2 aromatic carbocycles. The van der Waals surface area contributed by atoms with Crippen molar-refractivity contribution in [3.8, 4) is 0 Å². The van der Waals surface area contributed by atoms with Crippen molar-refractivity contribution in [1.29, 1.82) is 0 Å². The number of nitrogens with zero attached hydrogens (tertiary/aromatic N) is 1. The van der Waals surface area contributed by atoms with Crippen LogP contribution in [0, 0.1) is 0 Å². The van der Waals surface area contributed by atoms with Crippen LogP contribution in [0.3, 0.4) is 0 Å². The van der Waals surface area contributed by atoms with Crippen molar-refractivity contribution in [3.05, 3.63) is 65.9 Å². The summed E-state index contributed by atoms with van der Waals surface area (Å²) in [5.41, 5.74) is 5.89. The van der Waals surface area contributed by atoms with Gasteiger partial charge in [-0.15, -0.1) is 0 Å². The highest BCUT2D eigenvalue weighted by Gasteiger charge is 2.34. The molecular weight excluding hydrogens is 258 g/mol. The second kappa shape index (κ2) is 4.32. The fourth-order valence-electron chi connectivity index (χ4n) is 3.12. The van der Waals surface area contributed by atoms with E-state index in [1.54, 1.807) is 6.26 Å². The number of aliphatic imine (C=N–C) groups is 1. The van der Waals surface area contributed by atoms with Crippen LogP contribution in [0.5, 0.6) is 0 Å². The van der Waals surface area contributed by atoms with Gasteiger partial charge in [0.1, 0.15) is 5.58 Å². The van der Waals surface area contributed by atoms with Crippen LogP contribution < -0.4 is 0 Å². The number of rotatable bonds is 2. The van der Waals surface area contributed by atoms with E-state index in [2.05, 4.69) is 50.2 Å². The first-order chi connectivity index (χ1) is 10.1. The predicted molar refractivity (Wildman–Crippen MR) is 86.5 cm³/mol. The second-order valence-corrected chi connectivity index (χ2v) is 6.17. The number of hydrogen-bond donors (Lipinski definition) is 0. The highest BCUT2D eigenvalue weighted by atomic mass is 16.3. The lowest BCUT2D eigenvalue weighted by Crippen LogP contribution is -2.27. The third-order valence-electron chi connectivity index (χ3n) is 4.44. The Bertz CT molecular complexity index is 855. The van der Waals surface area contributed by atoms with Gasteiger partial charge in [-0.1, -0.05) is 38.1 Å². The summed E-state index contributed by atoms with van der Waals surface area (Å²) >= 11 is 0. The zero-order chi connectivity index (χ0) is 14.4. The molecule has 0 unspecified atom stereocenters. The molecule has 0 atom stereocenters. The van der Waals surface area contributed by atoms with Crippen molar-refractivity contribution in [2.24, 2.45) is 4.99 Å². The van der Waals surface area contributed by atoms with Gasteiger partial charge < -0.3 is 4.42 Å². The largest absolute Gasteiger partial charge is 0.464 e. The summed E-state index contributed by atoms with van der Waals surface area (Å²) in [6, 6.07) is 16.8. The van der Waals surface area contributed by atoms with Crippen molar-refractivity contribution >= 4 is 22.4 Å². The molecule has 2 heterocycles. The SMILES string of the molecule is CC1(C)C(Cc2ccc3occc3c2)=Nc2ccccc21. The van der Waals surface area contributed by atoms with E-state index < -0.39 is 0 Å². The summed E-state index contributed by atoms with van der Waals surface area (Å²) in [5.74, 6) is 0. The molecule has 1 aromatic heterocycles. The summed E-state index contributed by atoms with van der Waals surface area (Å²) in [7, 11) is 0. The monoisotopic (exact) mass is 275 g/mol. The number of furan rings is 1. The van der Waals surface area contributed by atoms with Gasteiger partial charge in [0.25, 0.3) is 0 Å². The first kappa shape index (κ1) is 12.4. The first-order valence-corrected chi connectivity index (χ1v) is 7.28. The fraction of sp³-hybridized carbons (Fsp3) is 0.211. The van der Waals surface area contributed by atoms with Crippen LogP contribution >= 0.6 is 0 Å². The third kappa shape index (κ3) is 1.90. The average Bonchev–Trinajstić information content (AvgIpc) is 3.03. The number of fused-ring (bicyclic) bond motifs is 2. The van der Waals surface area contributed by atoms with Crippen LogP contribution in [-0.2, 0) is 11.8 Å². The quantitative estimate of drug-likeness (QED) is 0.643. The molecule has 21 heavy (non-hydrogen) atoms. The molecule has 4 rings (SSSR count). The fourth-order valence-corrected chi connectivity index (χ4v) is 3.12. The molecule has 0 saturated carbocycles. The van der Waals surface area contributed by atoms with Gasteiger partial charge in [0.15, 0.2) is 0 Å². The Morgan fingerprint density at radius 1 is 1.05 bits per heavy atom. The van der Waals surface area contributed by atoms with Crippen molar-refractivity contribution < 1.29 is 4.42 Å². The molecule has 104 valence electrons. The topological polar surface area (TPSA) is 25.5 Å². The van der Waals surface area contributed by atoms with E-state index in [0.29, 0.717) is 0 Å². The Morgan fingerprint density at radius 2 is 1.90 bits per heavy atom. The van der Waals surface area contributed by atoms with Crippen LogP contribution in [0.25, 0.3) is 11.0 Å². The van der Waals surface area contributed by atoms with Gasteiger partial charge in [-0.3, -0.25) is 4.99 Å². The molecule has 0 N–H and O–H groups in total. The minimum atomic E-state index is 0.00193. The normalized spacial score (nSPS) is 16.0. The van der Waals surface area contributed by atoms with Gasteiger partial charge in [0.05, 0.1) is 12.0 Å². The van der Waals surface area contributed by atoms with E-state index in [0.717, 1.165) is 23.1 Å². The first-order valence-electron chi connectivity index (χ1n) is 7.28. The van der Waals surface area contributed by atoms with Crippen LogP contribution in [0.15, 0.2) is 64.2 Å². The maximum Gasteiger partial charge on any atom is 0.133 e. The number of para-hydroxylation sites is 1. The molecule has 0 spiro atoms. The molecular formula is C19H17NO.